The number of carbonyl (C=O) groups excluding carboxylic acids is 1. The number of carbonyl (C=O) groups is 1. The lowest BCUT2D eigenvalue weighted by molar-refractivity contribution is -0.120. The molecule has 3 aromatic rings. The van der Waals surface area contributed by atoms with Gasteiger partial charge in [0.1, 0.15) is 5.75 Å². The normalized spacial score (nSPS) is 12.1. The molecule has 7 heteroatoms. The first-order valence-electron chi connectivity index (χ1n) is 8.62. The van der Waals surface area contributed by atoms with E-state index < -0.39 is 0 Å². The van der Waals surface area contributed by atoms with Crippen molar-refractivity contribution in [3.8, 4) is 16.5 Å². The summed E-state index contributed by atoms with van der Waals surface area (Å²) < 4.78 is 10.6. The van der Waals surface area contributed by atoms with Gasteiger partial charge in [0, 0.05) is 11.9 Å². The molecule has 27 heavy (non-hydrogen) atoms. The molecule has 0 aliphatic carbocycles. The molecule has 0 saturated carbocycles. The van der Waals surface area contributed by atoms with E-state index in [2.05, 4.69) is 15.2 Å². The molecule has 1 atom stereocenters. The summed E-state index contributed by atoms with van der Waals surface area (Å²) in [4.78, 5) is 18.9. The van der Waals surface area contributed by atoms with E-state index in [4.69, 9.17) is 9.15 Å². The number of methoxy groups -OCH3 is 1. The van der Waals surface area contributed by atoms with Crippen molar-refractivity contribution in [1.29, 1.82) is 0 Å². The first-order chi connectivity index (χ1) is 13.1. The Balaban J connectivity index is 1.59. The average Bonchev–Trinajstić information content (AvgIpc) is 3.33. The molecule has 0 bridgehead atoms. The predicted molar refractivity (Wildman–Crippen MR) is 106 cm³/mol. The Morgan fingerprint density at radius 3 is 2.89 bits per heavy atom. The highest BCUT2D eigenvalue weighted by molar-refractivity contribution is 7.13. The first kappa shape index (κ1) is 19.1. The Morgan fingerprint density at radius 1 is 1.33 bits per heavy atom. The number of rotatable bonds is 8. The van der Waals surface area contributed by atoms with Crippen LogP contribution in [-0.4, -0.2) is 43.5 Å². The van der Waals surface area contributed by atoms with Gasteiger partial charge >= 0.3 is 0 Å². The third-order valence-corrected chi connectivity index (χ3v) is 5.13. The molecule has 0 spiro atoms. The lowest BCUT2D eigenvalue weighted by Gasteiger charge is -2.25. The van der Waals surface area contributed by atoms with Crippen LogP contribution in [0.4, 0.5) is 0 Å². The number of ether oxygens (including phenoxy) is 1. The third kappa shape index (κ3) is 4.96. The van der Waals surface area contributed by atoms with E-state index >= 15 is 0 Å². The number of nitrogens with one attached hydrogen (secondary N) is 1. The van der Waals surface area contributed by atoms with E-state index in [-0.39, 0.29) is 18.4 Å². The fourth-order valence-electron chi connectivity index (χ4n) is 2.79. The van der Waals surface area contributed by atoms with E-state index in [9.17, 15) is 4.79 Å². The number of hydrogen-bond acceptors (Lipinski definition) is 6. The average molecular weight is 385 g/mol. The molecule has 0 radical (unpaired) electrons. The highest BCUT2D eigenvalue weighted by Gasteiger charge is 2.17. The monoisotopic (exact) mass is 385 g/mol. The Bertz CT molecular complexity index is 874. The summed E-state index contributed by atoms with van der Waals surface area (Å²) in [5, 5.41) is 5.69. The van der Waals surface area contributed by atoms with Crippen LogP contribution in [0.5, 0.6) is 5.75 Å². The second kappa shape index (κ2) is 8.83. The van der Waals surface area contributed by atoms with Crippen molar-refractivity contribution < 1.29 is 13.9 Å². The topological polar surface area (TPSA) is 67.6 Å². The van der Waals surface area contributed by atoms with Gasteiger partial charge in [-0.2, -0.15) is 0 Å². The molecular formula is C20H23N3O3S. The van der Waals surface area contributed by atoms with Crippen molar-refractivity contribution in [3.05, 3.63) is 59.3 Å². The maximum Gasteiger partial charge on any atom is 0.226 e. The molecule has 1 amide bonds. The second-order valence-electron chi connectivity index (χ2n) is 6.36. The lowest BCUT2D eigenvalue weighted by atomic mass is 10.1. The van der Waals surface area contributed by atoms with E-state index in [0.717, 1.165) is 27.8 Å². The summed E-state index contributed by atoms with van der Waals surface area (Å²) >= 11 is 1.47. The van der Waals surface area contributed by atoms with Gasteiger partial charge in [-0.05, 0) is 43.9 Å². The van der Waals surface area contributed by atoms with Gasteiger partial charge in [0.15, 0.2) is 10.8 Å². The van der Waals surface area contributed by atoms with Crippen LogP contribution in [0.1, 0.15) is 17.3 Å². The van der Waals surface area contributed by atoms with Crippen LogP contribution in [0.2, 0.25) is 0 Å². The molecular weight excluding hydrogens is 362 g/mol. The Kier molecular flexibility index (Phi) is 6.26. The van der Waals surface area contributed by atoms with Gasteiger partial charge in [-0.15, -0.1) is 11.3 Å². The van der Waals surface area contributed by atoms with Crippen LogP contribution in [-0.2, 0) is 11.2 Å². The summed E-state index contributed by atoms with van der Waals surface area (Å²) in [6, 6.07) is 11.6. The maximum atomic E-state index is 12.4. The third-order valence-electron chi connectivity index (χ3n) is 4.22. The van der Waals surface area contributed by atoms with E-state index in [0.29, 0.717) is 6.54 Å². The summed E-state index contributed by atoms with van der Waals surface area (Å²) in [6.07, 6.45) is 1.86. The fourth-order valence-corrected chi connectivity index (χ4v) is 3.57. The zero-order valence-electron chi connectivity index (χ0n) is 15.6. The number of aromatic nitrogens is 1. The molecule has 1 N–H and O–H groups in total. The molecule has 0 fully saturated rings. The van der Waals surface area contributed by atoms with Gasteiger partial charge in [0.2, 0.25) is 5.91 Å². The molecule has 2 aromatic heterocycles. The predicted octanol–water partition coefficient (Wildman–Crippen LogP) is 3.37. The maximum absolute atomic E-state index is 12.4. The van der Waals surface area contributed by atoms with Gasteiger partial charge in [0.05, 0.1) is 31.5 Å². The molecule has 6 nitrogen and oxygen atoms in total. The van der Waals surface area contributed by atoms with Crippen molar-refractivity contribution in [2.24, 2.45) is 0 Å². The van der Waals surface area contributed by atoms with Gasteiger partial charge in [-0.25, -0.2) is 4.98 Å². The van der Waals surface area contributed by atoms with Crippen LogP contribution in [0, 0.1) is 0 Å². The second-order valence-corrected chi connectivity index (χ2v) is 7.22. The number of hydrogen-bond donors (Lipinski definition) is 1. The minimum Gasteiger partial charge on any atom is -0.497 e. The van der Waals surface area contributed by atoms with Crippen LogP contribution < -0.4 is 10.1 Å². The smallest absolute Gasteiger partial charge is 0.226 e. The van der Waals surface area contributed by atoms with Gasteiger partial charge < -0.3 is 19.4 Å². The Hall–Kier alpha value is -2.64. The SMILES string of the molecule is COc1cccc([C@H](CNC(=O)Cc2csc(-c3ccco3)n2)N(C)C)c1. The highest BCUT2D eigenvalue weighted by Crippen LogP contribution is 2.24. The molecule has 1 aromatic carbocycles. The molecule has 2 heterocycles. The number of amides is 1. The molecule has 0 saturated heterocycles. The van der Waals surface area contributed by atoms with E-state index in [1.54, 1.807) is 13.4 Å². The van der Waals surface area contributed by atoms with E-state index in [1.165, 1.54) is 11.3 Å². The van der Waals surface area contributed by atoms with Gasteiger partial charge in [0.25, 0.3) is 0 Å². The zero-order chi connectivity index (χ0) is 19.2. The van der Waals surface area contributed by atoms with Crippen molar-refractivity contribution >= 4 is 17.2 Å². The largest absolute Gasteiger partial charge is 0.497 e. The van der Waals surface area contributed by atoms with Crippen LogP contribution in [0.25, 0.3) is 10.8 Å². The molecule has 0 aliphatic rings. The standard InChI is InChI=1S/C20H23N3O3S/c1-23(2)17(14-6-4-7-16(10-14)25-3)12-21-19(24)11-15-13-27-20(22-15)18-8-5-9-26-18/h4-10,13,17H,11-12H2,1-3H3,(H,21,24)/t17-/m0/s1. The minimum absolute atomic E-state index is 0.0539. The summed E-state index contributed by atoms with van der Waals surface area (Å²) in [6.45, 7) is 0.508. The minimum atomic E-state index is -0.0546. The van der Waals surface area contributed by atoms with Crippen LogP contribution in [0.3, 0.4) is 0 Å². The number of likely N-dealkylation sites (N-methyl/N-ethyl adjacent to an activating group) is 1. The molecule has 0 unspecified atom stereocenters. The quantitative estimate of drug-likeness (QED) is 0.644. The number of nitrogens with zero attached hydrogens (tertiary/aromatic N) is 2. The Labute approximate surface area is 162 Å². The van der Waals surface area contributed by atoms with Crippen molar-refractivity contribution in [1.82, 2.24) is 15.2 Å². The van der Waals surface area contributed by atoms with Crippen LogP contribution in [0.15, 0.2) is 52.5 Å². The summed E-state index contributed by atoms with van der Waals surface area (Å²) in [5.41, 5.74) is 1.83. The van der Waals surface area contributed by atoms with Crippen molar-refractivity contribution in [2.45, 2.75) is 12.5 Å². The number of furan rings is 1. The van der Waals surface area contributed by atoms with Gasteiger partial charge in [-0.1, -0.05) is 12.1 Å². The number of thiazole rings is 1. The van der Waals surface area contributed by atoms with Gasteiger partial charge in [-0.3, -0.25) is 4.79 Å². The molecule has 3 rings (SSSR count). The number of benzene rings is 1. The lowest BCUT2D eigenvalue weighted by Crippen LogP contribution is -2.35. The summed E-state index contributed by atoms with van der Waals surface area (Å²) in [7, 11) is 5.63. The van der Waals surface area contributed by atoms with Crippen molar-refractivity contribution in [2.75, 3.05) is 27.7 Å². The highest BCUT2D eigenvalue weighted by atomic mass is 32.1. The van der Waals surface area contributed by atoms with Crippen LogP contribution >= 0.6 is 11.3 Å². The molecule has 0 aliphatic heterocycles. The fraction of sp³-hybridized carbons (Fsp3) is 0.300. The zero-order valence-corrected chi connectivity index (χ0v) is 16.5. The summed E-state index contributed by atoms with van der Waals surface area (Å²) in [5.74, 6) is 1.47. The molecule has 142 valence electrons. The van der Waals surface area contributed by atoms with Crippen molar-refractivity contribution in [3.63, 3.8) is 0 Å². The van der Waals surface area contributed by atoms with E-state index in [1.807, 2.05) is 55.9 Å². The Morgan fingerprint density at radius 2 is 2.19 bits per heavy atom. The first-order valence-corrected chi connectivity index (χ1v) is 9.50.